The van der Waals surface area contributed by atoms with Crippen LogP contribution in [0.4, 0.5) is 0 Å². The fourth-order valence-electron chi connectivity index (χ4n) is 4.03. The topological polar surface area (TPSA) is 60.8 Å². The first-order valence-corrected chi connectivity index (χ1v) is 10.7. The van der Waals surface area contributed by atoms with Crippen molar-refractivity contribution < 1.29 is 14.3 Å². The Morgan fingerprint density at radius 1 is 1.23 bits per heavy atom. The zero-order valence-electron chi connectivity index (χ0n) is 18.0. The Kier molecular flexibility index (Phi) is 6.37. The van der Waals surface area contributed by atoms with Gasteiger partial charge in [0.2, 0.25) is 5.43 Å². The SMILES string of the molecule is Cc1ccc2c(c1)c(=O)c(C(=O)N(CCOc1ccccc1)CC1CCCO1)cn2C. The largest absolute Gasteiger partial charge is 0.492 e. The van der Waals surface area contributed by atoms with Crippen molar-refractivity contribution in [2.45, 2.75) is 25.9 Å². The predicted octanol–water partition coefficient (Wildman–Crippen LogP) is 3.55. The summed E-state index contributed by atoms with van der Waals surface area (Å²) in [6, 6.07) is 15.2. The van der Waals surface area contributed by atoms with Crippen LogP contribution in [-0.2, 0) is 11.8 Å². The fourth-order valence-corrected chi connectivity index (χ4v) is 4.03. The smallest absolute Gasteiger partial charge is 0.259 e. The van der Waals surface area contributed by atoms with Gasteiger partial charge in [-0.25, -0.2) is 0 Å². The number of aromatic nitrogens is 1. The van der Waals surface area contributed by atoms with Gasteiger partial charge in [-0.1, -0.05) is 29.8 Å². The summed E-state index contributed by atoms with van der Waals surface area (Å²) in [6.07, 6.45) is 3.54. The number of fused-ring (bicyclic) bond motifs is 1. The normalized spacial score (nSPS) is 15.9. The molecule has 2 heterocycles. The molecule has 162 valence electrons. The van der Waals surface area contributed by atoms with Crippen LogP contribution >= 0.6 is 0 Å². The van der Waals surface area contributed by atoms with Gasteiger partial charge in [0.25, 0.3) is 5.91 Å². The van der Waals surface area contributed by atoms with Gasteiger partial charge in [-0.15, -0.1) is 0 Å². The molecule has 1 unspecified atom stereocenters. The van der Waals surface area contributed by atoms with Crippen molar-refractivity contribution in [1.82, 2.24) is 9.47 Å². The van der Waals surface area contributed by atoms with Gasteiger partial charge in [0.05, 0.1) is 18.2 Å². The number of amides is 1. The molecule has 1 amide bonds. The molecule has 3 aromatic rings. The van der Waals surface area contributed by atoms with Crippen molar-refractivity contribution in [1.29, 1.82) is 0 Å². The van der Waals surface area contributed by atoms with Gasteiger partial charge in [-0.05, 0) is 44.0 Å². The van der Waals surface area contributed by atoms with E-state index in [0.29, 0.717) is 31.7 Å². The summed E-state index contributed by atoms with van der Waals surface area (Å²) in [5.41, 5.74) is 1.74. The van der Waals surface area contributed by atoms with Crippen molar-refractivity contribution in [3.8, 4) is 5.75 Å². The van der Waals surface area contributed by atoms with E-state index in [2.05, 4.69) is 0 Å². The predicted molar refractivity (Wildman–Crippen MR) is 121 cm³/mol. The van der Waals surface area contributed by atoms with E-state index >= 15 is 0 Å². The van der Waals surface area contributed by atoms with E-state index in [1.54, 1.807) is 11.1 Å². The van der Waals surface area contributed by atoms with Crippen molar-refractivity contribution in [2.24, 2.45) is 7.05 Å². The fraction of sp³-hybridized carbons (Fsp3) is 0.360. The van der Waals surface area contributed by atoms with Gasteiger partial charge in [-0.2, -0.15) is 0 Å². The standard InChI is InChI=1S/C25H28N2O4/c1-18-10-11-23-21(15-18)24(28)22(17-26(23)2)25(29)27(16-20-9-6-13-30-20)12-14-31-19-7-4-3-5-8-19/h3-5,7-8,10-11,15,17,20H,6,9,12-14,16H2,1-2H3. The van der Waals surface area contributed by atoms with Crippen LogP contribution in [0, 0.1) is 6.92 Å². The van der Waals surface area contributed by atoms with E-state index in [4.69, 9.17) is 9.47 Å². The Morgan fingerprint density at radius 2 is 2.03 bits per heavy atom. The third kappa shape index (κ3) is 4.80. The van der Waals surface area contributed by atoms with Gasteiger partial charge in [0.1, 0.15) is 17.9 Å². The summed E-state index contributed by atoms with van der Waals surface area (Å²) in [6.45, 7) is 3.83. The van der Waals surface area contributed by atoms with E-state index in [1.807, 2.05) is 67.1 Å². The average Bonchev–Trinajstić information content (AvgIpc) is 3.29. The molecular weight excluding hydrogens is 392 g/mol. The van der Waals surface area contributed by atoms with Crippen LogP contribution in [0.3, 0.4) is 0 Å². The first-order chi connectivity index (χ1) is 15.0. The second-order valence-electron chi connectivity index (χ2n) is 8.05. The highest BCUT2D eigenvalue weighted by molar-refractivity contribution is 5.97. The molecular formula is C25H28N2O4. The summed E-state index contributed by atoms with van der Waals surface area (Å²) in [5, 5.41) is 0.561. The Bertz CT molecular complexity index is 1120. The highest BCUT2D eigenvalue weighted by Crippen LogP contribution is 2.17. The first kappa shape index (κ1) is 21.1. The summed E-state index contributed by atoms with van der Waals surface area (Å²) in [4.78, 5) is 28.4. The number of pyridine rings is 1. The molecule has 0 spiro atoms. The molecule has 6 nitrogen and oxygen atoms in total. The third-order valence-electron chi connectivity index (χ3n) is 5.68. The van der Waals surface area contributed by atoms with Crippen LogP contribution in [0.2, 0.25) is 0 Å². The van der Waals surface area contributed by atoms with E-state index in [9.17, 15) is 9.59 Å². The molecule has 0 saturated carbocycles. The molecule has 0 radical (unpaired) electrons. The van der Waals surface area contributed by atoms with Gasteiger partial charge in [0, 0.05) is 31.8 Å². The van der Waals surface area contributed by atoms with Crippen LogP contribution in [0.25, 0.3) is 10.9 Å². The van der Waals surface area contributed by atoms with Crippen LogP contribution in [0.1, 0.15) is 28.8 Å². The van der Waals surface area contributed by atoms with Crippen molar-refractivity contribution >= 4 is 16.8 Å². The number of carbonyl (C=O) groups is 1. The molecule has 1 saturated heterocycles. The van der Waals surface area contributed by atoms with Crippen LogP contribution in [0.15, 0.2) is 59.5 Å². The molecule has 4 rings (SSSR count). The first-order valence-electron chi connectivity index (χ1n) is 10.7. The number of nitrogens with zero attached hydrogens (tertiary/aromatic N) is 2. The Labute approximate surface area is 182 Å². The average molecular weight is 421 g/mol. The number of para-hydroxylation sites is 1. The lowest BCUT2D eigenvalue weighted by Gasteiger charge is -2.26. The van der Waals surface area contributed by atoms with Crippen molar-refractivity contribution in [3.05, 3.63) is 76.1 Å². The second kappa shape index (κ2) is 9.35. The molecule has 0 N–H and O–H groups in total. The van der Waals surface area contributed by atoms with Gasteiger partial charge in [0.15, 0.2) is 0 Å². The van der Waals surface area contributed by atoms with Crippen LogP contribution < -0.4 is 10.2 Å². The Balaban J connectivity index is 1.60. The Hall–Kier alpha value is -3.12. The highest BCUT2D eigenvalue weighted by Gasteiger charge is 2.26. The molecule has 1 atom stereocenters. The summed E-state index contributed by atoms with van der Waals surface area (Å²) >= 11 is 0. The zero-order chi connectivity index (χ0) is 21.8. The van der Waals surface area contributed by atoms with Crippen molar-refractivity contribution in [3.63, 3.8) is 0 Å². The van der Waals surface area contributed by atoms with E-state index in [1.165, 1.54) is 0 Å². The van der Waals surface area contributed by atoms with Gasteiger partial charge < -0.3 is 18.9 Å². The molecule has 0 bridgehead atoms. The quantitative estimate of drug-likeness (QED) is 0.587. The maximum Gasteiger partial charge on any atom is 0.259 e. The number of hydrogen-bond donors (Lipinski definition) is 0. The zero-order valence-corrected chi connectivity index (χ0v) is 18.0. The molecule has 2 aromatic carbocycles. The minimum atomic E-state index is -0.281. The number of aryl methyl sites for hydroxylation is 2. The monoisotopic (exact) mass is 420 g/mol. The van der Waals surface area contributed by atoms with Gasteiger partial charge in [-0.3, -0.25) is 9.59 Å². The molecule has 0 aliphatic carbocycles. The molecule has 6 heteroatoms. The highest BCUT2D eigenvalue weighted by atomic mass is 16.5. The van der Waals surface area contributed by atoms with Crippen LogP contribution in [-0.4, -0.2) is 47.8 Å². The maximum absolute atomic E-state index is 13.5. The van der Waals surface area contributed by atoms with Gasteiger partial charge >= 0.3 is 0 Å². The lowest BCUT2D eigenvalue weighted by molar-refractivity contribution is 0.0492. The number of benzene rings is 2. The number of hydrogen-bond acceptors (Lipinski definition) is 4. The van der Waals surface area contributed by atoms with Crippen LogP contribution in [0.5, 0.6) is 5.75 Å². The number of rotatable bonds is 7. The lowest BCUT2D eigenvalue weighted by atomic mass is 10.1. The Morgan fingerprint density at radius 3 is 2.77 bits per heavy atom. The van der Waals surface area contributed by atoms with E-state index < -0.39 is 0 Å². The molecule has 1 aromatic heterocycles. The molecule has 31 heavy (non-hydrogen) atoms. The molecule has 1 aliphatic heterocycles. The molecule has 1 fully saturated rings. The lowest BCUT2D eigenvalue weighted by Crippen LogP contribution is -2.42. The number of ether oxygens (including phenoxy) is 2. The summed E-state index contributed by atoms with van der Waals surface area (Å²) in [5.74, 6) is 0.472. The van der Waals surface area contributed by atoms with Crippen molar-refractivity contribution in [2.75, 3.05) is 26.3 Å². The maximum atomic E-state index is 13.5. The summed E-state index contributed by atoms with van der Waals surface area (Å²) < 4.78 is 13.4. The number of carbonyl (C=O) groups excluding carboxylic acids is 1. The van der Waals surface area contributed by atoms with E-state index in [-0.39, 0.29) is 23.0 Å². The minimum absolute atomic E-state index is 0.00720. The summed E-state index contributed by atoms with van der Waals surface area (Å²) in [7, 11) is 1.86. The minimum Gasteiger partial charge on any atom is -0.492 e. The van der Waals surface area contributed by atoms with E-state index in [0.717, 1.165) is 29.7 Å². The third-order valence-corrected chi connectivity index (χ3v) is 5.68. The molecule has 1 aliphatic rings. The second-order valence-corrected chi connectivity index (χ2v) is 8.05.